The number of hydrogen-bond donors (Lipinski definition) is 0. The molecule has 1 atom stereocenters. The number of hydrogen-bond acceptors (Lipinski definition) is 6. The highest BCUT2D eigenvalue weighted by atomic mass is 16.5. The van der Waals surface area contributed by atoms with E-state index in [1.165, 1.54) is 13.3 Å². The molecular weight excluding hydrogens is 342 g/mol. The maximum absolute atomic E-state index is 13.2. The van der Waals surface area contributed by atoms with Crippen molar-refractivity contribution >= 4 is 17.3 Å². The first-order chi connectivity index (χ1) is 12.9. The molecule has 7 heteroatoms. The van der Waals surface area contributed by atoms with E-state index in [0.717, 1.165) is 29.1 Å². The van der Waals surface area contributed by atoms with Crippen LogP contribution in [0.2, 0.25) is 0 Å². The molecule has 1 fully saturated rings. The van der Waals surface area contributed by atoms with Gasteiger partial charge < -0.3 is 4.74 Å². The van der Waals surface area contributed by atoms with Crippen LogP contribution in [0.15, 0.2) is 42.6 Å². The lowest BCUT2D eigenvalue weighted by molar-refractivity contribution is -0.125. The Morgan fingerprint density at radius 1 is 1.11 bits per heavy atom. The molecule has 1 aliphatic carbocycles. The van der Waals surface area contributed by atoms with Crippen LogP contribution >= 0.6 is 0 Å². The molecule has 2 aromatic rings. The number of anilines is 1. The summed E-state index contributed by atoms with van der Waals surface area (Å²) in [5.74, 6) is 1.75. The van der Waals surface area contributed by atoms with Crippen molar-refractivity contribution in [3.63, 3.8) is 0 Å². The van der Waals surface area contributed by atoms with Crippen molar-refractivity contribution < 1.29 is 9.53 Å². The van der Waals surface area contributed by atoms with Gasteiger partial charge in [-0.2, -0.15) is 0 Å². The molecule has 1 aliphatic heterocycles. The van der Waals surface area contributed by atoms with Gasteiger partial charge in [0.25, 0.3) is 0 Å². The van der Waals surface area contributed by atoms with Gasteiger partial charge in [0.15, 0.2) is 5.82 Å². The molecule has 0 spiro atoms. The molecule has 0 radical (unpaired) electrons. The number of ether oxygens (including phenoxy) is 1. The summed E-state index contributed by atoms with van der Waals surface area (Å²) in [6, 6.07) is 0. The molecule has 0 N–H and O–H groups in total. The largest absolute Gasteiger partial charge is 0.480 e. The van der Waals surface area contributed by atoms with Crippen LogP contribution in [0.3, 0.4) is 0 Å². The maximum atomic E-state index is 13.2. The summed E-state index contributed by atoms with van der Waals surface area (Å²) in [7, 11) is 1.54. The van der Waals surface area contributed by atoms with Gasteiger partial charge in [-0.25, -0.2) is 19.9 Å². The third kappa shape index (κ3) is 2.79. The lowest BCUT2D eigenvalue weighted by Crippen LogP contribution is -2.31. The van der Waals surface area contributed by atoms with Gasteiger partial charge >= 0.3 is 0 Å². The van der Waals surface area contributed by atoms with Gasteiger partial charge in [0.1, 0.15) is 5.82 Å². The van der Waals surface area contributed by atoms with Gasteiger partial charge in [0, 0.05) is 29.6 Å². The molecule has 3 heterocycles. The molecule has 1 amide bonds. The number of rotatable bonds is 3. The lowest BCUT2D eigenvalue weighted by atomic mass is 9.75. The van der Waals surface area contributed by atoms with Crippen LogP contribution in [0.25, 0.3) is 5.57 Å². The van der Waals surface area contributed by atoms with E-state index in [-0.39, 0.29) is 11.8 Å². The maximum Gasteiger partial charge on any atom is 0.238 e. The summed E-state index contributed by atoms with van der Waals surface area (Å²) >= 11 is 0. The van der Waals surface area contributed by atoms with Crippen molar-refractivity contribution in [1.29, 1.82) is 0 Å². The second-order valence-electron chi connectivity index (χ2n) is 7.32. The second-order valence-corrected chi connectivity index (χ2v) is 7.32. The Bertz CT molecular complexity index is 945. The van der Waals surface area contributed by atoms with Gasteiger partial charge in [-0.3, -0.25) is 9.69 Å². The summed E-state index contributed by atoms with van der Waals surface area (Å²) in [5, 5.41) is 0. The fourth-order valence-corrected chi connectivity index (χ4v) is 3.63. The number of amides is 1. The minimum absolute atomic E-state index is 0.0213. The predicted molar refractivity (Wildman–Crippen MR) is 101 cm³/mol. The summed E-state index contributed by atoms with van der Waals surface area (Å²) in [5.41, 5.74) is 2.37. The highest BCUT2D eigenvalue weighted by Crippen LogP contribution is 2.50. The Hall–Kier alpha value is -3.09. The Labute approximate surface area is 157 Å². The zero-order valence-corrected chi connectivity index (χ0v) is 15.8. The monoisotopic (exact) mass is 363 g/mol. The molecular formula is C20H21N5O2. The van der Waals surface area contributed by atoms with E-state index >= 15 is 0 Å². The van der Waals surface area contributed by atoms with Gasteiger partial charge in [0.2, 0.25) is 11.8 Å². The third-order valence-electron chi connectivity index (χ3n) is 5.28. The predicted octanol–water partition coefficient (Wildman–Crippen LogP) is 2.94. The summed E-state index contributed by atoms with van der Waals surface area (Å²) in [6.07, 6.45) is 11.7. The Kier molecular flexibility index (Phi) is 4.02. The van der Waals surface area contributed by atoms with Crippen LogP contribution in [0.1, 0.15) is 31.7 Å². The zero-order chi connectivity index (χ0) is 19.2. The molecule has 4 rings (SSSR count). The first-order valence-electron chi connectivity index (χ1n) is 8.83. The first-order valence-corrected chi connectivity index (χ1v) is 8.83. The number of fused-ring (bicyclic) bond motifs is 1. The molecule has 1 saturated heterocycles. The average molecular weight is 363 g/mol. The topological polar surface area (TPSA) is 81.1 Å². The minimum atomic E-state index is -0.515. The lowest BCUT2D eigenvalue weighted by Gasteiger charge is -2.25. The van der Waals surface area contributed by atoms with Crippen molar-refractivity contribution in [2.24, 2.45) is 11.3 Å². The van der Waals surface area contributed by atoms with Crippen molar-refractivity contribution in [2.75, 3.05) is 12.0 Å². The van der Waals surface area contributed by atoms with E-state index in [4.69, 9.17) is 4.74 Å². The fraction of sp³-hybridized carbons (Fsp3) is 0.350. The molecule has 0 bridgehead atoms. The SMILES string of the molecule is COc1cnc(N2C(=O)C(C)(C)C3CC=C(c4cnc(C)nc4)C=C32)cn1. The molecule has 1 unspecified atom stereocenters. The van der Waals surface area contributed by atoms with E-state index in [0.29, 0.717) is 11.7 Å². The summed E-state index contributed by atoms with van der Waals surface area (Å²) in [4.78, 5) is 32.0. The van der Waals surface area contributed by atoms with Crippen LogP contribution in [-0.2, 0) is 4.79 Å². The van der Waals surface area contributed by atoms with Crippen molar-refractivity contribution in [3.8, 4) is 5.88 Å². The highest BCUT2D eigenvalue weighted by Gasteiger charge is 2.51. The van der Waals surface area contributed by atoms with E-state index in [9.17, 15) is 4.79 Å². The van der Waals surface area contributed by atoms with Crippen LogP contribution < -0.4 is 9.64 Å². The van der Waals surface area contributed by atoms with E-state index in [1.54, 1.807) is 11.1 Å². The van der Waals surface area contributed by atoms with Gasteiger partial charge in [-0.15, -0.1) is 0 Å². The summed E-state index contributed by atoms with van der Waals surface area (Å²) in [6.45, 7) is 5.83. The molecule has 7 nitrogen and oxygen atoms in total. The molecule has 0 aromatic carbocycles. The number of aromatic nitrogens is 4. The molecule has 138 valence electrons. The molecule has 2 aliphatic rings. The third-order valence-corrected chi connectivity index (χ3v) is 5.28. The number of nitrogens with zero attached hydrogens (tertiary/aromatic N) is 5. The second kappa shape index (κ2) is 6.26. The first kappa shape index (κ1) is 17.3. The average Bonchev–Trinajstić information content (AvgIpc) is 2.88. The highest BCUT2D eigenvalue weighted by molar-refractivity contribution is 6.04. The van der Waals surface area contributed by atoms with E-state index < -0.39 is 5.41 Å². The van der Waals surface area contributed by atoms with Crippen LogP contribution in [0, 0.1) is 18.3 Å². The number of carbonyl (C=O) groups excluding carboxylic acids is 1. The Balaban J connectivity index is 1.77. The quantitative estimate of drug-likeness (QED) is 0.834. The Morgan fingerprint density at radius 3 is 2.48 bits per heavy atom. The zero-order valence-electron chi connectivity index (χ0n) is 15.8. The van der Waals surface area contributed by atoms with Gasteiger partial charge in [0.05, 0.1) is 24.9 Å². The van der Waals surface area contributed by atoms with E-state index in [1.807, 2.05) is 39.2 Å². The number of carbonyl (C=O) groups is 1. The van der Waals surface area contributed by atoms with Crippen LogP contribution in [-0.4, -0.2) is 33.0 Å². The number of aryl methyl sites for hydroxylation is 1. The Morgan fingerprint density at radius 2 is 1.85 bits per heavy atom. The van der Waals surface area contributed by atoms with Crippen molar-refractivity contribution in [3.05, 3.63) is 54.0 Å². The van der Waals surface area contributed by atoms with Crippen LogP contribution in [0.5, 0.6) is 5.88 Å². The molecule has 27 heavy (non-hydrogen) atoms. The van der Waals surface area contributed by atoms with Crippen molar-refractivity contribution in [1.82, 2.24) is 19.9 Å². The summed E-state index contributed by atoms with van der Waals surface area (Å²) < 4.78 is 5.08. The smallest absolute Gasteiger partial charge is 0.238 e. The van der Waals surface area contributed by atoms with Gasteiger partial charge in [-0.05, 0) is 25.0 Å². The standard InChI is InChI=1S/C20H21N5O2/c1-12-21-8-14(9-22-12)13-5-6-15-16(7-13)25(19(26)20(15,2)3)17-10-24-18(27-4)11-23-17/h5,7-11,15H,6H2,1-4H3. The van der Waals surface area contributed by atoms with Crippen LogP contribution in [0.4, 0.5) is 5.82 Å². The van der Waals surface area contributed by atoms with Crippen molar-refractivity contribution in [2.45, 2.75) is 27.2 Å². The molecule has 2 aromatic heterocycles. The van der Waals surface area contributed by atoms with Gasteiger partial charge in [-0.1, -0.05) is 19.9 Å². The minimum Gasteiger partial charge on any atom is -0.480 e. The fourth-order valence-electron chi connectivity index (χ4n) is 3.63. The van der Waals surface area contributed by atoms with E-state index in [2.05, 4.69) is 26.0 Å². The number of methoxy groups -OCH3 is 1. The number of allylic oxidation sites excluding steroid dienone is 4. The molecule has 0 saturated carbocycles. The normalized spacial score (nSPS) is 20.8.